The van der Waals surface area contributed by atoms with Crippen LogP contribution < -0.4 is 0 Å². The molecule has 0 aliphatic rings. The Labute approximate surface area is 326 Å². The van der Waals surface area contributed by atoms with Crippen LogP contribution in [0, 0.1) is 27.6 Å². The van der Waals surface area contributed by atoms with Crippen molar-refractivity contribution in [2.24, 2.45) is 0 Å². The number of imidazole rings is 1. The minimum Gasteiger partial charge on any atom is -0.507 e. The van der Waals surface area contributed by atoms with Gasteiger partial charge in [0.15, 0.2) is 0 Å². The quantitative estimate of drug-likeness (QED) is 0.187. The fraction of sp³-hybridized carbons (Fsp3) is 0.160. The molecule has 54 heavy (non-hydrogen) atoms. The van der Waals surface area contributed by atoms with Gasteiger partial charge in [0.05, 0.1) is 28.0 Å². The Hall–Kier alpha value is -6.26. The Morgan fingerprint density at radius 2 is 1.33 bits per heavy atom. The van der Waals surface area contributed by atoms with E-state index in [1.165, 1.54) is 0 Å². The number of hydrogen-bond acceptors (Lipinski definition) is 3. The van der Waals surface area contributed by atoms with E-state index in [9.17, 15) is 5.11 Å². The number of phenols is 1. The van der Waals surface area contributed by atoms with E-state index < -0.39 is 13.7 Å². The fourth-order valence-electron chi connectivity index (χ4n) is 7.26. The van der Waals surface area contributed by atoms with Crippen molar-refractivity contribution >= 4 is 11.0 Å². The van der Waals surface area contributed by atoms with E-state index in [2.05, 4.69) is 45.0 Å². The zero-order valence-electron chi connectivity index (χ0n) is 37.1. The maximum atomic E-state index is 11.7. The minimum absolute atomic E-state index is 0.120. The van der Waals surface area contributed by atoms with Crippen molar-refractivity contribution in [3.05, 3.63) is 167 Å². The summed E-state index contributed by atoms with van der Waals surface area (Å²) in [5.41, 5.74) is 12.7. The first-order valence-electron chi connectivity index (χ1n) is 21.1. The van der Waals surface area contributed by atoms with Gasteiger partial charge in [0.1, 0.15) is 11.6 Å². The highest BCUT2D eigenvalue weighted by atomic mass is 16.3. The number of pyridine rings is 1. The summed E-state index contributed by atoms with van der Waals surface area (Å²) in [4.78, 5) is 10.2. The van der Waals surface area contributed by atoms with Crippen LogP contribution in [0.3, 0.4) is 0 Å². The van der Waals surface area contributed by atoms with Gasteiger partial charge in [-0.1, -0.05) is 117 Å². The highest BCUT2D eigenvalue weighted by Gasteiger charge is 2.24. The van der Waals surface area contributed by atoms with Crippen LogP contribution in [-0.4, -0.2) is 19.6 Å². The molecule has 0 unspecified atom stereocenters. The molecule has 1 N–H and O–H groups in total. The largest absolute Gasteiger partial charge is 0.507 e. The van der Waals surface area contributed by atoms with Crippen LogP contribution in [0.5, 0.6) is 5.75 Å². The van der Waals surface area contributed by atoms with Crippen molar-refractivity contribution in [2.45, 2.75) is 53.7 Å². The number of aryl methyl sites for hydroxylation is 4. The molecule has 6 aromatic carbocycles. The number of nitrogens with zero attached hydrogens (tertiary/aromatic N) is 3. The topological polar surface area (TPSA) is 50.9 Å². The monoisotopic (exact) mass is 709 g/mol. The average molecular weight is 710 g/mol. The SMILES string of the molecule is [2H]C([2H])([2H])c1ccc(-c2ccnc(-c3cc(-c4cccc5c4nc(-c4cc(C)cc(C)c4O)n5-c4ccc(C([2H])([2H])[2H])cc4-c4ccccc4)cc(C(C)(C)C)c3)c2)cc1. The van der Waals surface area contributed by atoms with Crippen LogP contribution in [0.4, 0.5) is 0 Å². The van der Waals surface area contributed by atoms with Crippen molar-refractivity contribution in [1.29, 1.82) is 0 Å². The second kappa shape index (κ2) is 13.6. The maximum Gasteiger partial charge on any atom is 0.149 e. The molecule has 0 aliphatic heterocycles. The van der Waals surface area contributed by atoms with E-state index in [1.807, 2.05) is 103 Å². The van der Waals surface area contributed by atoms with Gasteiger partial charge in [-0.2, -0.15) is 0 Å². The van der Waals surface area contributed by atoms with Gasteiger partial charge in [0.25, 0.3) is 0 Å². The van der Waals surface area contributed by atoms with Crippen LogP contribution in [0.25, 0.3) is 72.7 Å². The van der Waals surface area contributed by atoms with Gasteiger partial charge in [0.2, 0.25) is 0 Å². The van der Waals surface area contributed by atoms with Crippen LogP contribution in [0.2, 0.25) is 0 Å². The molecule has 0 spiro atoms. The number of phenolic OH excluding ortho intramolecular Hbond substituents is 1. The summed E-state index contributed by atoms with van der Waals surface area (Å²) >= 11 is 0. The number of para-hydroxylation sites is 1. The molecule has 0 radical (unpaired) electrons. The molecule has 2 aromatic heterocycles. The molecule has 0 atom stereocenters. The number of fused-ring (bicyclic) bond motifs is 1. The number of hydrogen-bond donors (Lipinski definition) is 1. The number of aromatic hydroxyl groups is 1. The van der Waals surface area contributed by atoms with Crippen LogP contribution in [0.15, 0.2) is 140 Å². The van der Waals surface area contributed by atoms with E-state index >= 15 is 0 Å². The van der Waals surface area contributed by atoms with Gasteiger partial charge in [-0.25, -0.2) is 4.98 Å². The van der Waals surface area contributed by atoms with E-state index in [1.54, 1.807) is 30.5 Å². The summed E-state index contributed by atoms with van der Waals surface area (Å²) in [5.74, 6) is 0.640. The Morgan fingerprint density at radius 1 is 0.593 bits per heavy atom. The zero-order chi connectivity index (χ0) is 42.7. The third-order valence-electron chi connectivity index (χ3n) is 10.1. The molecule has 0 aliphatic carbocycles. The molecule has 4 nitrogen and oxygen atoms in total. The van der Waals surface area contributed by atoms with Crippen LogP contribution in [-0.2, 0) is 5.41 Å². The van der Waals surface area contributed by atoms with Gasteiger partial charge in [-0.05, 0) is 120 Å². The lowest BCUT2D eigenvalue weighted by atomic mass is 9.83. The molecule has 266 valence electrons. The molecule has 0 amide bonds. The van der Waals surface area contributed by atoms with Crippen molar-refractivity contribution in [1.82, 2.24) is 14.5 Å². The summed E-state index contributed by atoms with van der Waals surface area (Å²) in [7, 11) is 0. The first-order valence-corrected chi connectivity index (χ1v) is 18.1. The average Bonchev–Trinajstić information content (AvgIpc) is 3.60. The van der Waals surface area contributed by atoms with Gasteiger partial charge in [-0.15, -0.1) is 0 Å². The van der Waals surface area contributed by atoms with Crippen LogP contribution in [0.1, 0.15) is 56.8 Å². The highest BCUT2D eigenvalue weighted by Crippen LogP contribution is 2.42. The smallest absolute Gasteiger partial charge is 0.149 e. The summed E-state index contributed by atoms with van der Waals surface area (Å²) in [6.45, 7) is 5.89. The molecule has 0 bridgehead atoms. The van der Waals surface area contributed by atoms with Gasteiger partial charge >= 0.3 is 0 Å². The lowest BCUT2D eigenvalue weighted by Crippen LogP contribution is -2.11. The summed E-state index contributed by atoms with van der Waals surface area (Å²) < 4.78 is 50.2. The van der Waals surface area contributed by atoms with Gasteiger partial charge in [0, 0.05) is 31.1 Å². The number of aromatic nitrogens is 3. The number of rotatable bonds is 6. The van der Waals surface area contributed by atoms with E-state index in [0.29, 0.717) is 22.5 Å². The molecule has 2 heterocycles. The van der Waals surface area contributed by atoms with Gasteiger partial charge in [-0.3, -0.25) is 9.55 Å². The lowest BCUT2D eigenvalue weighted by Gasteiger charge is -2.22. The second-order valence-corrected chi connectivity index (χ2v) is 15.1. The Balaban J connectivity index is 1.38. The van der Waals surface area contributed by atoms with Crippen molar-refractivity contribution in [2.75, 3.05) is 0 Å². The second-order valence-electron chi connectivity index (χ2n) is 15.1. The molecule has 4 heteroatoms. The Bertz CT molecular complexity index is 2900. The molecule has 8 aromatic rings. The van der Waals surface area contributed by atoms with Crippen molar-refractivity contribution in [3.63, 3.8) is 0 Å². The molecular formula is C50H45N3O. The maximum absolute atomic E-state index is 11.7. The first-order chi connectivity index (χ1) is 28.4. The predicted octanol–water partition coefficient (Wildman–Crippen LogP) is 13.0. The van der Waals surface area contributed by atoms with Crippen LogP contribution >= 0.6 is 0 Å². The zero-order valence-corrected chi connectivity index (χ0v) is 31.1. The fourth-order valence-corrected chi connectivity index (χ4v) is 7.26. The third kappa shape index (κ3) is 6.49. The Morgan fingerprint density at radius 3 is 2.09 bits per heavy atom. The first kappa shape index (κ1) is 28.3. The van der Waals surface area contributed by atoms with Gasteiger partial charge < -0.3 is 5.11 Å². The normalized spacial score (nSPS) is 13.8. The highest BCUT2D eigenvalue weighted by molar-refractivity contribution is 5.98. The summed E-state index contributed by atoms with van der Waals surface area (Å²) in [6.07, 6.45) is 1.78. The van der Waals surface area contributed by atoms with Crippen molar-refractivity contribution < 1.29 is 13.3 Å². The molecule has 0 saturated carbocycles. The lowest BCUT2D eigenvalue weighted by molar-refractivity contribution is 0.472. The van der Waals surface area contributed by atoms with E-state index in [4.69, 9.17) is 18.2 Å². The molecule has 0 fully saturated rings. The Kier molecular flexibility index (Phi) is 7.13. The van der Waals surface area contributed by atoms with Crippen molar-refractivity contribution in [3.8, 4) is 67.5 Å². The van der Waals surface area contributed by atoms with E-state index in [0.717, 1.165) is 72.5 Å². The standard InChI is InChI=1S/C50H45N3O/c1-31-16-19-35(20-17-31)37-22-23-51-44(30-37)39-27-38(28-40(29-39)50(5,6)7)41-14-11-15-46-47(41)52-49(43-26-33(3)24-34(4)48(43)54)53(46)45-21-18-32(2)25-42(45)36-12-9-8-10-13-36/h8-30,54H,1-7H3/i1D3,2D3. The summed E-state index contributed by atoms with van der Waals surface area (Å²) in [5, 5.41) is 11.7. The van der Waals surface area contributed by atoms with E-state index in [-0.39, 0.29) is 16.7 Å². The molecular weight excluding hydrogens is 659 g/mol. The third-order valence-corrected chi connectivity index (χ3v) is 10.1. The molecule has 8 rings (SSSR count). The molecule has 0 saturated heterocycles. The minimum atomic E-state index is -2.32. The summed E-state index contributed by atoms with van der Waals surface area (Å²) in [6, 6.07) is 42.3. The predicted molar refractivity (Wildman–Crippen MR) is 225 cm³/mol. The number of benzene rings is 6.